The predicted octanol–water partition coefficient (Wildman–Crippen LogP) is 2.17. The molecule has 0 spiro atoms. The zero-order chi connectivity index (χ0) is 18.7. The van der Waals surface area contributed by atoms with Crippen LogP contribution in [0.2, 0.25) is 0 Å². The van der Waals surface area contributed by atoms with Gasteiger partial charge in [-0.15, -0.1) is 0 Å². The highest BCUT2D eigenvalue weighted by molar-refractivity contribution is 7.89. The van der Waals surface area contributed by atoms with Crippen LogP contribution < -0.4 is 0 Å². The lowest BCUT2D eigenvalue weighted by Gasteiger charge is -2.24. The number of aliphatic hydroxyl groups excluding tert-OH is 1. The summed E-state index contributed by atoms with van der Waals surface area (Å²) < 4.78 is 32.6. The Hall–Kier alpha value is -2.22. The molecule has 0 bridgehead atoms. The van der Waals surface area contributed by atoms with Crippen molar-refractivity contribution in [3.63, 3.8) is 0 Å². The molecule has 6 nitrogen and oxygen atoms in total. The average Bonchev–Trinajstić information content (AvgIpc) is 3.00. The van der Waals surface area contributed by atoms with Gasteiger partial charge >= 0.3 is 5.97 Å². The normalized spacial score (nSPS) is 17.1. The molecule has 0 amide bonds. The molecular formula is C19H21NO5S. The third kappa shape index (κ3) is 3.65. The third-order valence-corrected chi connectivity index (χ3v) is 6.30. The molecule has 0 aliphatic carbocycles. The second kappa shape index (κ2) is 7.57. The summed E-state index contributed by atoms with van der Waals surface area (Å²) in [4.78, 5) is 12.3. The van der Waals surface area contributed by atoms with E-state index in [1.807, 2.05) is 31.2 Å². The average molecular weight is 375 g/mol. The molecule has 0 radical (unpaired) electrons. The summed E-state index contributed by atoms with van der Waals surface area (Å²) in [5.74, 6) is -0.537. The zero-order valence-electron chi connectivity index (χ0n) is 14.5. The van der Waals surface area contributed by atoms with E-state index in [-0.39, 0.29) is 31.1 Å². The number of hydrogen-bond acceptors (Lipinski definition) is 5. The monoisotopic (exact) mass is 375 g/mol. The highest BCUT2D eigenvalue weighted by atomic mass is 32.2. The van der Waals surface area contributed by atoms with Gasteiger partial charge in [0.15, 0.2) is 0 Å². The molecule has 1 heterocycles. The van der Waals surface area contributed by atoms with E-state index in [9.17, 15) is 13.2 Å². The van der Waals surface area contributed by atoms with Crippen molar-refractivity contribution in [2.75, 3.05) is 13.2 Å². The van der Waals surface area contributed by atoms with Gasteiger partial charge < -0.3 is 9.84 Å². The standard InChI is InChI=1S/C19H21NO5S/c1-14-6-8-16(9-7-14)26(23,24)20-13-15-4-2-3-5-17(15)18(20)12-19(22)25-11-10-21/h2-9,18,21H,10-13H2,1H3. The smallest absolute Gasteiger partial charge is 0.307 e. The molecule has 7 heteroatoms. The Morgan fingerprint density at radius 1 is 1.19 bits per heavy atom. The number of benzene rings is 2. The maximum absolute atomic E-state index is 13.2. The lowest BCUT2D eigenvalue weighted by molar-refractivity contribution is -0.145. The van der Waals surface area contributed by atoms with Crippen LogP contribution in [-0.2, 0) is 26.1 Å². The van der Waals surface area contributed by atoms with Crippen LogP contribution in [0.5, 0.6) is 0 Å². The summed E-state index contributed by atoms with van der Waals surface area (Å²) >= 11 is 0. The van der Waals surface area contributed by atoms with Gasteiger partial charge in [0.05, 0.1) is 24.0 Å². The number of esters is 1. The molecule has 1 atom stereocenters. The van der Waals surface area contributed by atoms with Crippen molar-refractivity contribution >= 4 is 16.0 Å². The lowest BCUT2D eigenvalue weighted by Crippen LogP contribution is -2.31. The molecule has 2 aromatic rings. The van der Waals surface area contributed by atoms with Crippen molar-refractivity contribution in [3.05, 3.63) is 65.2 Å². The van der Waals surface area contributed by atoms with E-state index in [1.54, 1.807) is 24.3 Å². The van der Waals surface area contributed by atoms with Gasteiger partial charge in [-0.25, -0.2) is 8.42 Å². The van der Waals surface area contributed by atoms with Crippen LogP contribution >= 0.6 is 0 Å². The SMILES string of the molecule is Cc1ccc(S(=O)(=O)N2Cc3ccccc3C2CC(=O)OCCO)cc1. The van der Waals surface area contributed by atoms with Crippen LogP contribution in [0.3, 0.4) is 0 Å². The number of carbonyl (C=O) groups excluding carboxylic acids is 1. The molecule has 0 aromatic heterocycles. The van der Waals surface area contributed by atoms with E-state index in [0.717, 1.165) is 16.7 Å². The minimum atomic E-state index is -3.76. The van der Waals surface area contributed by atoms with Gasteiger partial charge in [-0.1, -0.05) is 42.0 Å². The Balaban J connectivity index is 1.94. The molecule has 1 aliphatic rings. The van der Waals surface area contributed by atoms with Gasteiger partial charge in [0.1, 0.15) is 6.61 Å². The summed E-state index contributed by atoms with van der Waals surface area (Å²) in [7, 11) is -3.76. The predicted molar refractivity (Wildman–Crippen MR) is 95.8 cm³/mol. The fourth-order valence-corrected chi connectivity index (χ4v) is 4.71. The number of rotatable bonds is 6. The molecule has 1 N–H and O–H groups in total. The summed E-state index contributed by atoms with van der Waals surface area (Å²) in [5.41, 5.74) is 2.66. The first-order chi connectivity index (χ1) is 12.4. The van der Waals surface area contributed by atoms with Crippen molar-refractivity contribution in [2.24, 2.45) is 0 Å². The maximum Gasteiger partial charge on any atom is 0.307 e. The van der Waals surface area contributed by atoms with Crippen molar-refractivity contribution < 1.29 is 23.1 Å². The van der Waals surface area contributed by atoms with Crippen molar-refractivity contribution in [2.45, 2.75) is 30.8 Å². The van der Waals surface area contributed by atoms with Gasteiger partial charge in [0, 0.05) is 6.54 Å². The second-order valence-electron chi connectivity index (χ2n) is 6.23. The van der Waals surface area contributed by atoms with Crippen molar-refractivity contribution in [1.29, 1.82) is 0 Å². The van der Waals surface area contributed by atoms with E-state index >= 15 is 0 Å². The molecular weight excluding hydrogens is 354 g/mol. The van der Waals surface area contributed by atoms with Gasteiger partial charge in [-0.3, -0.25) is 4.79 Å². The van der Waals surface area contributed by atoms with Crippen molar-refractivity contribution in [1.82, 2.24) is 4.31 Å². The van der Waals surface area contributed by atoms with Crippen LogP contribution in [0.1, 0.15) is 29.2 Å². The number of aryl methyl sites for hydroxylation is 1. The topological polar surface area (TPSA) is 83.9 Å². The van der Waals surface area contributed by atoms with Crippen LogP contribution in [0.15, 0.2) is 53.4 Å². The number of carbonyl (C=O) groups is 1. The van der Waals surface area contributed by atoms with Gasteiger partial charge in [0.25, 0.3) is 0 Å². The minimum Gasteiger partial charge on any atom is -0.463 e. The van der Waals surface area contributed by atoms with Crippen LogP contribution in [0.25, 0.3) is 0 Å². The molecule has 0 fully saturated rings. The summed E-state index contributed by atoms with van der Waals surface area (Å²) in [6.45, 7) is 1.74. The molecule has 3 rings (SSSR count). The molecule has 0 saturated heterocycles. The molecule has 26 heavy (non-hydrogen) atoms. The highest BCUT2D eigenvalue weighted by Crippen LogP contribution is 2.40. The van der Waals surface area contributed by atoms with E-state index in [2.05, 4.69) is 0 Å². The number of nitrogens with zero attached hydrogens (tertiary/aromatic N) is 1. The van der Waals surface area contributed by atoms with E-state index in [4.69, 9.17) is 9.84 Å². The molecule has 1 aliphatic heterocycles. The second-order valence-corrected chi connectivity index (χ2v) is 8.12. The lowest BCUT2D eigenvalue weighted by atomic mass is 10.0. The largest absolute Gasteiger partial charge is 0.463 e. The number of aliphatic hydroxyl groups is 1. The fourth-order valence-electron chi connectivity index (χ4n) is 3.12. The van der Waals surface area contributed by atoms with Crippen LogP contribution in [0, 0.1) is 6.92 Å². The Bertz CT molecular complexity index is 892. The number of ether oxygens (including phenoxy) is 1. The summed E-state index contributed by atoms with van der Waals surface area (Å²) in [6, 6.07) is 13.4. The molecule has 138 valence electrons. The Morgan fingerprint density at radius 2 is 1.88 bits per heavy atom. The van der Waals surface area contributed by atoms with Crippen LogP contribution in [-0.4, -0.2) is 37.0 Å². The quantitative estimate of drug-likeness (QED) is 0.783. The molecule has 2 aromatic carbocycles. The van der Waals surface area contributed by atoms with Gasteiger partial charge in [-0.2, -0.15) is 4.31 Å². The van der Waals surface area contributed by atoms with E-state index in [1.165, 1.54) is 4.31 Å². The zero-order valence-corrected chi connectivity index (χ0v) is 15.3. The Morgan fingerprint density at radius 3 is 2.58 bits per heavy atom. The number of hydrogen-bond donors (Lipinski definition) is 1. The maximum atomic E-state index is 13.2. The first-order valence-electron chi connectivity index (χ1n) is 8.36. The highest BCUT2D eigenvalue weighted by Gasteiger charge is 2.40. The first-order valence-corrected chi connectivity index (χ1v) is 9.80. The summed E-state index contributed by atoms with van der Waals surface area (Å²) in [5, 5.41) is 8.80. The Labute approximate surface area is 153 Å². The first kappa shape index (κ1) is 18.6. The molecule has 0 saturated carbocycles. The third-order valence-electron chi connectivity index (χ3n) is 4.43. The van der Waals surface area contributed by atoms with Crippen LogP contribution in [0.4, 0.5) is 0 Å². The molecule has 1 unspecified atom stereocenters. The number of sulfonamides is 1. The van der Waals surface area contributed by atoms with Gasteiger partial charge in [-0.05, 0) is 30.2 Å². The minimum absolute atomic E-state index is 0.0951. The fraction of sp³-hybridized carbons (Fsp3) is 0.316. The van der Waals surface area contributed by atoms with E-state index in [0.29, 0.717) is 0 Å². The number of fused-ring (bicyclic) bond motifs is 1. The Kier molecular flexibility index (Phi) is 5.41. The van der Waals surface area contributed by atoms with Gasteiger partial charge in [0.2, 0.25) is 10.0 Å². The summed E-state index contributed by atoms with van der Waals surface area (Å²) in [6.07, 6.45) is -0.0951. The van der Waals surface area contributed by atoms with Crippen molar-refractivity contribution in [3.8, 4) is 0 Å². The van der Waals surface area contributed by atoms with E-state index < -0.39 is 22.0 Å².